The Morgan fingerprint density at radius 2 is 1.26 bits per heavy atom. The average molecular weight is 1150 g/mol. The largest absolute Gasteiger partial charge is 0.485 e. The molecule has 14 nitrogen and oxygen atoms in total. The summed E-state index contributed by atoms with van der Waals surface area (Å²) in [4.78, 5) is 41.1. The molecule has 3 N–H and O–H groups in total. The number of hydrogen-bond acceptors (Lipinski definition) is 10. The summed E-state index contributed by atoms with van der Waals surface area (Å²) in [5.41, 5.74) is -0.0583. The van der Waals surface area contributed by atoms with E-state index >= 15 is 0 Å². The van der Waals surface area contributed by atoms with Crippen LogP contribution in [0.4, 0.5) is 23.3 Å². The third-order valence-electron chi connectivity index (χ3n) is 12.9. The molecule has 356 valence electrons. The third kappa shape index (κ3) is 8.57. The number of carbonyl (C=O) groups is 2. The summed E-state index contributed by atoms with van der Waals surface area (Å²) < 4.78 is 41.2. The van der Waals surface area contributed by atoms with Crippen molar-refractivity contribution in [2.75, 3.05) is 16.4 Å². The molecule has 2 aliphatic heterocycles. The lowest BCUT2D eigenvalue weighted by Crippen LogP contribution is -2.49. The van der Waals surface area contributed by atoms with Gasteiger partial charge in [0.05, 0.1) is 51.8 Å². The van der Waals surface area contributed by atoms with Crippen molar-refractivity contribution in [3.05, 3.63) is 137 Å². The molecule has 1 aliphatic carbocycles. The maximum absolute atomic E-state index is 15.0. The van der Waals surface area contributed by atoms with Crippen LogP contribution in [0, 0.1) is 0 Å². The second-order valence-corrected chi connectivity index (χ2v) is 23.3. The minimum atomic E-state index is -4.47. The molecule has 4 aromatic carbocycles. The van der Waals surface area contributed by atoms with E-state index in [1.807, 2.05) is 48.5 Å². The maximum Gasteiger partial charge on any atom is 0.260 e. The van der Waals surface area contributed by atoms with Crippen LogP contribution in [0.1, 0.15) is 49.9 Å². The van der Waals surface area contributed by atoms with Crippen LogP contribution < -0.4 is 14.5 Å². The van der Waals surface area contributed by atoms with Crippen LogP contribution in [0.15, 0.2) is 105 Å². The second-order valence-electron chi connectivity index (χ2n) is 17.6. The second kappa shape index (κ2) is 18.6. The van der Waals surface area contributed by atoms with Crippen LogP contribution in [-0.2, 0) is 49.8 Å². The zero-order valence-corrected chi connectivity index (χ0v) is 43.2. The number of rotatable bonds is 13. The Balaban J connectivity index is 1.02. The SMILES string of the molecule is CC1(Cc2ccc(Br)cc2)C(=O)N(c2cc(Cl)c(OC3CCCC(S(=O)(=O)c4cnc5n4[C@](C)(Cc4ccc(Br)cc4)C(=O)N5c4cc(Cl)cc(Cl)c4)C3O)c(Cl)c2)c2ncc(CC(O)CO)n21. The molecule has 6 aromatic rings. The summed E-state index contributed by atoms with van der Waals surface area (Å²) >= 11 is 33.5. The minimum absolute atomic E-state index is 0.0231. The normalized spacial score (nSPS) is 23.0. The quantitative estimate of drug-likeness (QED) is 0.101. The monoisotopic (exact) mass is 1150 g/mol. The molecular formula is C47H42Br2Cl4N6O8S. The van der Waals surface area contributed by atoms with Gasteiger partial charge in [0.1, 0.15) is 23.3 Å². The number of hydrogen-bond donors (Lipinski definition) is 3. The van der Waals surface area contributed by atoms with Gasteiger partial charge in [-0.25, -0.2) is 28.2 Å². The fourth-order valence-electron chi connectivity index (χ4n) is 9.63. The van der Waals surface area contributed by atoms with E-state index in [1.54, 1.807) is 36.7 Å². The molecule has 1 fully saturated rings. The van der Waals surface area contributed by atoms with Crippen molar-refractivity contribution in [2.24, 2.45) is 0 Å². The van der Waals surface area contributed by atoms with E-state index in [0.717, 1.165) is 20.1 Å². The van der Waals surface area contributed by atoms with Gasteiger partial charge >= 0.3 is 0 Å². The van der Waals surface area contributed by atoms with E-state index in [2.05, 4.69) is 41.8 Å². The van der Waals surface area contributed by atoms with Crippen LogP contribution in [0.25, 0.3) is 0 Å². The Hall–Kier alpha value is -4.01. The zero-order valence-electron chi connectivity index (χ0n) is 36.2. The lowest BCUT2D eigenvalue weighted by Gasteiger charge is -2.35. The van der Waals surface area contributed by atoms with Gasteiger partial charge in [0.15, 0.2) is 10.8 Å². The van der Waals surface area contributed by atoms with Crippen molar-refractivity contribution in [3.8, 4) is 5.75 Å². The number of aliphatic hydroxyl groups is 3. The van der Waals surface area contributed by atoms with E-state index in [4.69, 9.17) is 51.1 Å². The van der Waals surface area contributed by atoms with Gasteiger partial charge in [-0.15, -0.1) is 0 Å². The Labute approximate surface area is 428 Å². The van der Waals surface area contributed by atoms with E-state index in [1.165, 1.54) is 38.8 Å². The molecule has 0 saturated heterocycles. The van der Waals surface area contributed by atoms with Gasteiger partial charge in [-0.3, -0.25) is 18.7 Å². The standard InChI is InChI=1S/C47H42Br2Cl4N6O8S/c1-46(20-25-6-10-27(48)11-7-25)42(63)57(44-54-22-33(58(44)46)17-34(61)24-60)32-18-35(52)41(36(53)19-32)67-37-4-3-5-38(40(37)62)68(65,66)39-23-55-45-56(31-15-29(50)14-30(51)16-31)43(64)47(2,59(39)45)21-26-8-12-28(49)13-9-26/h6-16,18-19,22-23,34,37-38,40,60-62H,3-5,17,20-21,24H2,1-2H3/t34?,37?,38?,40?,46?,47-/m1/s1. The maximum atomic E-state index is 15.0. The topological polar surface area (TPSA) is 180 Å². The number of imidazole rings is 2. The lowest BCUT2D eigenvalue weighted by molar-refractivity contribution is -0.124. The number of sulfone groups is 1. The molecule has 2 amide bonds. The van der Waals surface area contributed by atoms with Gasteiger partial charge in [-0.1, -0.05) is 103 Å². The fraction of sp³-hybridized carbons (Fsp3) is 0.319. The van der Waals surface area contributed by atoms with Crippen LogP contribution in [0.3, 0.4) is 0 Å². The van der Waals surface area contributed by atoms with Crippen molar-refractivity contribution >= 4 is 123 Å². The Morgan fingerprint density at radius 1 is 0.765 bits per heavy atom. The summed E-state index contributed by atoms with van der Waals surface area (Å²) in [6.45, 7) is 2.93. The summed E-state index contributed by atoms with van der Waals surface area (Å²) in [6.07, 6.45) is -0.0342. The summed E-state index contributed by atoms with van der Waals surface area (Å²) in [7, 11) is -4.47. The number of aliphatic hydroxyl groups excluding tert-OH is 3. The molecular weight excluding hydrogens is 1110 g/mol. The van der Waals surface area contributed by atoms with Gasteiger partial charge in [0, 0.05) is 43.9 Å². The van der Waals surface area contributed by atoms with Gasteiger partial charge in [0.25, 0.3) is 11.8 Å². The van der Waals surface area contributed by atoms with E-state index in [9.17, 15) is 33.3 Å². The number of ether oxygens (including phenoxy) is 1. The first kappa shape index (κ1) is 49.0. The molecule has 0 spiro atoms. The molecule has 9 rings (SSSR count). The Kier molecular flexibility index (Phi) is 13.4. The molecule has 68 heavy (non-hydrogen) atoms. The van der Waals surface area contributed by atoms with Gasteiger partial charge in [-0.05, 0) is 98.8 Å². The highest BCUT2D eigenvalue weighted by Crippen LogP contribution is 2.49. The average Bonchev–Trinajstić information content (AvgIpc) is 4.02. The highest BCUT2D eigenvalue weighted by Gasteiger charge is 2.54. The molecule has 21 heteroatoms. The highest BCUT2D eigenvalue weighted by atomic mass is 79.9. The fourth-order valence-corrected chi connectivity index (χ4v) is 13.3. The predicted molar refractivity (Wildman–Crippen MR) is 267 cm³/mol. The molecule has 4 heterocycles. The van der Waals surface area contributed by atoms with E-state index in [-0.39, 0.29) is 86.5 Å². The first-order valence-corrected chi connectivity index (χ1v) is 26.1. The van der Waals surface area contributed by atoms with E-state index < -0.39 is 57.0 Å². The summed E-state index contributed by atoms with van der Waals surface area (Å²) in [5, 5.41) is 30.9. The minimum Gasteiger partial charge on any atom is -0.485 e. The molecule has 0 radical (unpaired) electrons. The van der Waals surface area contributed by atoms with Crippen molar-refractivity contribution in [2.45, 2.75) is 92.0 Å². The van der Waals surface area contributed by atoms with Crippen molar-refractivity contribution in [3.63, 3.8) is 0 Å². The Morgan fingerprint density at radius 3 is 1.81 bits per heavy atom. The first-order chi connectivity index (χ1) is 32.2. The van der Waals surface area contributed by atoms with Gasteiger partial charge < -0.3 is 20.1 Å². The van der Waals surface area contributed by atoms with Crippen molar-refractivity contribution in [1.29, 1.82) is 0 Å². The predicted octanol–water partition coefficient (Wildman–Crippen LogP) is 9.52. The number of amides is 2. The summed E-state index contributed by atoms with van der Waals surface area (Å²) in [5.74, 6) is -0.583. The van der Waals surface area contributed by atoms with E-state index in [0.29, 0.717) is 17.8 Å². The van der Waals surface area contributed by atoms with Crippen LogP contribution in [0.2, 0.25) is 20.1 Å². The molecule has 2 aromatic heterocycles. The molecule has 5 unspecified atom stereocenters. The van der Waals surface area contributed by atoms with Crippen molar-refractivity contribution in [1.82, 2.24) is 19.1 Å². The first-order valence-electron chi connectivity index (χ1n) is 21.4. The smallest absolute Gasteiger partial charge is 0.260 e. The number of benzene rings is 4. The van der Waals surface area contributed by atoms with Gasteiger partial charge in [-0.2, -0.15) is 0 Å². The number of anilines is 4. The molecule has 6 atom stereocenters. The number of halogens is 6. The highest BCUT2D eigenvalue weighted by molar-refractivity contribution is 9.10. The van der Waals surface area contributed by atoms with Crippen molar-refractivity contribution < 1.29 is 38.1 Å². The number of nitrogens with zero attached hydrogens (tertiary/aromatic N) is 6. The summed E-state index contributed by atoms with van der Waals surface area (Å²) in [6, 6.07) is 22.5. The van der Waals surface area contributed by atoms with Gasteiger partial charge in [0.2, 0.25) is 21.7 Å². The van der Waals surface area contributed by atoms with Crippen LogP contribution in [-0.4, -0.2) is 84.8 Å². The lowest BCUT2D eigenvalue weighted by atomic mass is 9.91. The van der Waals surface area contributed by atoms with Crippen LogP contribution in [0.5, 0.6) is 5.75 Å². The zero-order chi connectivity index (χ0) is 48.6. The molecule has 0 bridgehead atoms. The molecule has 1 saturated carbocycles. The number of carbonyl (C=O) groups excluding carboxylic acids is 2. The molecule has 3 aliphatic rings. The Bertz CT molecular complexity index is 3040. The number of aromatic nitrogens is 4. The number of fused-ring (bicyclic) bond motifs is 2. The third-order valence-corrected chi connectivity index (χ3v) is 17.1. The van der Waals surface area contributed by atoms with Crippen LogP contribution >= 0.6 is 78.3 Å².